The average molecular weight is 260 g/mol. The summed E-state index contributed by atoms with van der Waals surface area (Å²) in [5.41, 5.74) is 1.71. The van der Waals surface area contributed by atoms with Gasteiger partial charge in [-0.25, -0.2) is 4.79 Å². The summed E-state index contributed by atoms with van der Waals surface area (Å²) < 4.78 is 0. The molecule has 7 heteroatoms. The van der Waals surface area contributed by atoms with Gasteiger partial charge >= 0.3 is 5.97 Å². The van der Waals surface area contributed by atoms with Gasteiger partial charge in [0.15, 0.2) is 0 Å². The van der Waals surface area contributed by atoms with Crippen LogP contribution in [0, 0.1) is 0 Å². The molecule has 1 fully saturated rings. The Morgan fingerprint density at radius 2 is 2.11 bits per heavy atom. The van der Waals surface area contributed by atoms with Gasteiger partial charge in [0.25, 0.3) is 5.91 Å². The average Bonchev–Trinajstić information content (AvgIpc) is 3.05. The van der Waals surface area contributed by atoms with Crippen LogP contribution in [0.5, 0.6) is 0 Å². The predicted octanol–water partition coefficient (Wildman–Crippen LogP) is 0.647. The van der Waals surface area contributed by atoms with E-state index in [0.717, 1.165) is 6.42 Å². The van der Waals surface area contributed by atoms with Crippen LogP contribution in [0.1, 0.15) is 23.2 Å². The molecule has 0 spiro atoms. The zero-order valence-electron chi connectivity index (χ0n) is 10.0. The number of aromatic amines is 1. The summed E-state index contributed by atoms with van der Waals surface area (Å²) in [4.78, 5) is 24.8. The van der Waals surface area contributed by atoms with E-state index < -0.39 is 12.0 Å². The van der Waals surface area contributed by atoms with E-state index in [-0.39, 0.29) is 5.91 Å². The van der Waals surface area contributed by atoms with Crippen LogP contribution in [-0.2, 0) is 4.79 Å². The number of rotatable bonds is 2. The summed E-state index contributed by atoms with van der Waals surface area (Å²) in [5, 5.41) is 19.4. The van der Waals surface area contributed by atoms with Gasteiger partial charge in [0.05, 0.1) is 0 Å². The Morgan fingerprint density at radius 3 is 2.89 bits per heavy atom. The Kier molecular flexibility index (Phi) is 2.66. The molecule has 19 heavy (non-hydrogen) atoms. The second kappa shape index (κ2) is 4.34. The Hall–Kier alpha value is -2.44. The largest absolute Gasteiger partial charge is 0.480 e. The standard InChI is InChI=1S/C12H12N4O3/c17-11(16-5-1-2-10(16)12(18)19)7-3-4-8-9(6-7)14-15-13-8/h3-4,6,10H,1-2,5H2,(H,18,19)(H,13,14,15)/t10-/m1/s1. The molecule has 7 nitrogen and oxygen atoms in total. The molecule has 0 bridgehead atoms. The summed E-state index contributed by atoms with van der Waals surface area (Å²) in [6.07, 6.45) is 1.22. The molecule has 1 aromatic heterocycles. The summed E-state index contributed by atoms with van der Waals surface area (Å²) >= 11 is 0. The van der Waals surface area contributed by atoms with Crippen LogP contribution in [0.15, 0.2) is 18.2 Å². The fourth-order valence-corrected chi connectivity index (χ4v) is 2.41. The van der Waals surface area contributed by atoms with Crippen molar-refractivity contribution in [3.8, 4) is 0 Å². The maximum Gasteiger partial charge on any atom is 0.326 e. The quantitative estimate of drug-likeness (QED) is 0.825. The zero-order chi connectivity index (χ0) is 13.4. The van der Waals surface area contributed by atoms with Crippen molar-refractivity contribution in [1.82, 2.24) is 20.3 Å². The van der Waals surface area contributed by atoms with E-state index in [4.69, 9.17) is 5.11 Å². The minimum Gasteiger partial charge on any atom is -0.480 e. The van der Waals surface area contributed by atoms with Crippen LogP contribution in [-0.4, -0.2) is 49.9 Å². The monoisotopic (exact) mass is 260 g/mol. The third-order valence-corrected chi connectivity index (χ3v) is 3.36. The Bertz CT molecular complexity index is 651. The summed E-state index contributed by atoms with van der Waals surface area (Å²) in [6, 6.07) is 4.24. The normalized spacial score (nSPS) is 18.9. The van der Waals surface area contributed by atoms with Gasteiger partial charge in [-0.1, -0.05) is 0 Å². The molecule has 0 unspecified atom stereocenters. The maximum absolute atomic E-state index is 12.3. The zero-order valence-corrected chi connectivity index (χ0v) is 10.0. The van der Waals surface area contributed by atoms with Crippen LogP contribution in [0.4, 0.5) is 0 Å². The van der Waals surface area contributed by atoms with E-state index in [1.165, 1.54) is 4.90 Å². The Morgan fingerprint density at radius 1 is 1.32 bits per heavy atom. The van der Waals surface area contributed by atoms with E-state index in [1.807, 2.05) is 0 Å². The molecule has 1 aliphatic rings. The van der Waals surface area contributed by atoms with Crippen LogP contribution < -0.4 is 0 Å². The fourth-order valence-electron chi connectivity index (χ4n) is 2.41. The number of carboxylic acids is 1. The highest BCUT2D eigenvalue weighted by atomic mass is 16.4. The van der Waals surface area contributed by atoms with Crippen molar-refractivity contribution in [1.29, 1.82) is 0 Å². The molecule has 1 aliphatic heterocycles. The number of benzene rings is 1. The lowest BCUT2D eigenvalue weighted by Gasteiger charge is -2.21. The molecular weight excluding hydrogens is 248 g/mol. The second-order valence-electron chi connectivity index (χ2n) is 4.52. The van der Waals surface area contributed by atoms with Gasteiger partial charge < -0.3 is 10.0 Å². The first-order chi connectivity index (χ1) is 9.16. The van der Waals surface area contributed by atoms with Gasteiger partial charge in [-0.2, -0.15) is 15.4 Å². The van der Waals surface area contributed by atoms with E-state index in [0.29, 0.717) is 29.6 Å². The van der Waals surface area contributed by atoms with Gasteiger partial charge in [0, 0.05) is 12.1 Å². The first-order valence-electron chi connectivity index (χ1n) is 6.01. The van der Waals surface area contributed by atoms with Crippen molar-refractivity contribution in [3.63, 3.8) is 0 Å². The van der Waals surface area contributed by atoms with Crippen molar-refractivity contribution in [2.45, 2.75) is 18.9 Å². The first kappa shape index (κ1) is 11.6. The lowest BCUT2D eigenvalue weighted by Crippen LogP contribution is -2.40. The molecule has 0 radical (unpaired) electrons. The minimum atomic E-state index is -0.951. The van der Waals surface area contributed by atoms with Gasteiger partial charge in [0.1, 0.15) is 17.1 Å². The molecule has 1 amide bonds. The van der Waals surface area contributed by atoms with Crippen LogP contribution in [0.3, 0.4) is 0 Å². The third-order valence-electron chi connectivity index (χ3n) is 3.36. The molecule has 1 atom stereocenters. The van der Waals surface area contributed by atoms with Crippen molar-refractivity contribution < 1.29 is 14.7 Å². The molecular formula is C12H12N4O3. The molecule has 0 saturated carbocycles. The molecule has 0 aliphatic carbocycles. The molecule has 2 N–H and O–H groups in total. The van der Waals surface area contributed by atoms with Gasteiger partial charge in [-0.3, -0.25) is 4.79 Å². The van der Waals surface area contributed by atoms with Crippen molar-refractivity contribution in [2.24, 2.45) is 0 Å². The number of fused-ring (bicyclic) bond motifs is 1. The molecule has 2 aromatic rings. The summed E-state index contributed by atoms with van der Waals surface area (Å²) in [5.74, 6) is -1.22. The lowest BCUT2D eigenvalue weighted by atomic mass is 10.1. The minimum absolute atomic E-state index is 0.269. The Balaban J connectivity index is 1.92. The van der Waals surface area contributed by atoms with E-state index in [2.05, 4.69) is 15.4 Å². The van der Waals surface area contributed by atoms with Gasteiger partial charge in [-0.15, -0.1) is 0 Å². The number of nitrogens with one attached hydrogen (secondary N) is 1. The molecule has 3 rings (SSSR count). The fraction of sp³-hybridized carbons (Fsp3) is 0.333. The van der Waals surface area contributed by atoms with Crippen molar-refractivity contribution >= 4 is 22.9 Å². The van der Waals surface area contributed by atoms with E-state index in [9.17, 15) is 9.59 Å². The number of hydrogen-bond donors (Lipinski definition) is 2. The van der Waals surface area contributed by atoms with Crippen molar-refractivity contribution in [2.75, 3.05) is 6.54 Å². The highest BCUT2D eigenvalue weighted by Gasteiger charge is 2.34. The molecule has 2 heterocycles. The summed E-state index contributed by atoms with van der Waals surface area (Å²) in [7, 11) is 0. The van der Waals surface area contributed by atoms with Crippen molar-refractivity contribution in [3.05, 3.63) is 23.8 Å². The number of H-pyrrole nitrogens is 1. The molecule has 1 saturated heterocycles. The highest BCUT2D eigenvalue weighted by molar-refractivity contribution is 5.99. The summed E-state index contributed by atoms with van der Waals surface area (Å²) in [6.45, 7) is 0.479. The number of carboxylic acid groups (broad SMARTS) is 1. The first-order valence-corrected chi connectivity index (χ1v) is 6.01. The number of carbonyl (C=O) groups excluding carboxylic acids is 1. The molecule has 98 valence electrons. The third kappa shape index (κ3) is 1.92. The number of nitrogens with zero attached hydrogens (tertiary/aromatic N) is 3. The van der Waals surface area contributed by atoms with Gasteiger partial charge in [-0.05, 0) is 31.0 Å². The number of aromatic nitrogens is 3. The number of amides is 1. The smallest absolute Gasteiger partial charge is 0.326 e. The number of carbonyl (C=O) groups is 2. The van der Waals surface area contributed by atoms with Crippen LogP contribution in [0.2, 0.25) is 0 Å². The number of hydrogen-bond acceptors (Lipinski definition) is 4. The predicted molar refractivity (Wildman–Crippen MR) is 65.6 cm³/mol. The lowest BCUT2D eigenvalue weighted by molar-refractivity contribution is -0.141. The van der Waals surface area contributed by atoms with E-state index in [1.54, 1.807) is 18.2 Å². The molecule has 1 aromatic carbocycles. The van der Waals surface area contributed by atoms with Crippen LogP contribution >= 0.6 is 0 Å². The maximum atomic E-state index is 12.3. The number of likely N-dealkylation sites (tertiary alicyclic amines) is 1. The van der Waals surface area contributed by atoms with Crippen LogP contribution in [0.25, 0.3) is 11.0 Å². The topological polar surface area (TPSA) is 99.2 Å². The van der Waals surface area contributed by atoms with Gasteiger partial charge in [0.2, 0.25) is 0 Å². The SMILES string of the molecule is O=C(O)[C@H]1CCCN1C(=O)c1ccc2n[nH]nc2c1. The number of aliphatic carboxylic acids is 1. The highest BCUT2D eigenvalue weighted by Crippen LogP contribution is 2.21. The Labute approximate surface area is 108 Å². The van der Waals surface area contributed by atoms with E-state index >= 15 is 0 Å². The second-order valence-corrected chi connectivity index (χ2v) is 4.52.